The number of nitrogens with zero attached hydrogens (tertiary/aromatic N) is 4. The Morgan fingerprint density at radius 1 is 0.857 bits per heavy atom. The number of benzene rings is 3. The van der Waals surface area contributed by atoms with E-state index in [4.69, 9.17) is 0 Å². The average molecular weight is 469 g/mol. The molecule has 2 aromatic heterocycles. The largest absolute Gasteiger partial charge is 0.337 e. The van der Waals surface area contributed by atoms with Crippen LogP contribution in [0.25, 0.3) is 16.9 Å². The molecule has 5 rings (SSSR count). The van der Waals surface area contributed by atoms with E-state index in [1.807, 2.05) is 54.6 Å². The van der Waals surface area contributed by atoms with Crippen LogP contribution in [0.1, 0.15) is 36.5 Å². The van der Waals surface area contributed by atoms with Gasteiger partial charge in [0.1, 0.15) is 5.82 Å². The van der Waals surface area contributed by atoms with E-state index in [1.54, 1.807) is 29.1 Å². The van der Waals surface area contributed by atoms with Crippen LogP contribution in [0.15, 0.2) is 94.8 Å². The van der Waals surface area contributed by atoms with Gasteiger partial charge in [-0.05, 0) is 35.2 Å². The van der Waals surface area contributed by atoms with Crippen LogP contribution in [0.3, 0.4) is 0 Å². The highest BCUT2D eigenvalue weighted by Crippen LogP contribution is 2.19. The van der Waals surface area contributed by atoms with E-state index in [9.17, 15) is 14.0 Å². The molecule has 6 nitrogen and oxygen atoms in total. The standard InChI is InChI=1S/C28H25FN4O2/c1-19(2)21-12-14-23(15-13-21)33-26-25(31(18-30-26)16-20-8-4-3-5-9-20)27(34)32(28(33)35)17-22-10-6-7-11-24(22)29/h3-15,18-19H,16-17H2,1-2H3. The Morgan fingerprint density at radius 2 is 1.54 bits per heavy atom. The minimum Gasteiger partial charge on any atom is -0.320 e. The number of hydrogen-bond acceptors (Lipinski definition) is 3. The lowest BCUT2D eigenvalue weighted by Gasteiger charge is -2.14. The van der Waals surface area contributed by atoms with Gasteiger partial charge in [-0.3, -0.25) is 9.36 Å². The summed E-state index contributed by atoms with van der Waals surface area (Å²) in [5.41, 5.74) is 2.48. The van der Waals surface area contributed by atoms with Gasteiger partial charge in [0.15, 0.2) is 11.2 Å². The zero-order chi connectivity index (χ0) is 24.5. The van der Waals surface area contributed by atoms with Crippen LogP contribution in [-0.2, 0) is 13.1 Å². The Morgan fingerprint density at radius 3 is 2.23 bits per heavy atom. The van der Waals surface area contributed by atoms with Crippen molar-refractivity contribution in [3.05, 3.63) is 129 Å². The van der Waals surface area contributed by atoms with E-state index >= 15 is 0 Å². The first kappa shape index (κ1) is 22.5. The minimum atomic E-state index is -0.562. The van der Waals surface area contributed by atoms with Gasteiger partial charge in [0, 0.05) is 12.1 Å². The normalized spacial score (nSPS) is 11.4. The van der Waals surface area contributed by atoms with Crippen molar-refractivity contribution < 1.29 is 4.39 Å². The van der Waals surface area contributed by atoms with Crippen molar-refractivity contribution in [3.8, 4) is 5.69 Å². The molecule has 0 unspecified atom stereocenters. The highest BCUT2D eigenvalue weighted by molar-refractivity contribution is 5.72. The fourth-order valence-electron chi connectivity index (χ4n) is 4.26. The Kier molecular flexibility index (Phi) is 5.91. The quantitative estimate of drug-likeness (QED) is 0.363. The lowest BCUT2D eigenvalue weighted by Crippen LogP contribution is -2.40. The molecule has 0 spiro atoms. The SMILES string of the molecule is CC(C)c1ccc(-n2c(=O)n(Cc3ccccc3F)c(=O)c3c2ncn3Cc2ccccc2)cc1. The van der Waals surface area contributed by atoms with E-state index in [0.717, 1.165) is 15.7 Å². The summed E-state index contributed by atoms with van der Waals surface area (Å²) in [5.74, 6) is -0.134. The van der Waals surface area contributed by atoms with Gasteiger partial charge in [-0.2, -0.15) is 0 Å². The summed E-state index contributed by atoms with van der Waals surface area (Å²) in [6.07, 6.45) is 1.57. The predicted octanol–water partition coefficient (Wildman–Crippen LogP) is 4.71. The summed E-state index contributed by atoms with van der Waals surface area (Å²) in [6, 6.07) is 23.5. The second-order valence-corrected chi connectivity index (χ2v) is 8.88. The maximum Gasteiger partial charge on any atom is 0.337 e. The van der Waals surface area contributed by atoms with Gasteiger partial charge in [0.05, 0.1) is 18.6 Å². The van der Waals surface area contributed by atoms with Crippen molar-refractivity contribution in [3.63, 3.8) is 0 Å². The number of aromatic nitrogens is 4. The Labute approximate surface area is 201 Å². The molecule has 0 amide bonds. The van der Waals surface area contributed by atoms with E-state index in [0.29, 0.717) is 18.2 Å². The maximum atomic E-state index is 14.5. The van der Waals surface area contributed by atoms with Crippen LogP contribution in [0.2, 0.25) is 0 Å². The molecule has 7 heteroatoms. The molecule has 5 aromatic rings. The number of hydrogen-bond donors (Lipinski definition) is 0. The molecule has 2 heterocycles. The van der Waals surface area contributed by atoms with Crippen LogP contribution in [0.5, 0.6) is 0 Å². The summed E-state index contributed by atoms with van der Waals surface area (Å²) in [4.78, 5) is 31.8. The molecule has 0 aliphatic heterocycles. The van der Waals surface area contributed by atoms with E-state index < -0.39 is 17.1 Å². The van der Waals surface area contributed by atoms with Crippen molar-refractivity contribution in [1.82, 2.24) is 18.7 Å². The first-order valence-electron chi connectivity index (χ1n) is 11.5. The molecule has 3 aromatic carbocycles. The summed E-state index contributed by atoms with van der Waals surface area (Å²) < 4.78 is 18.7. The third-order valence-electron chi connectivity index (χ3n) is 6.20. The summed E-state index contributed by atoms with van der Waals surface area (Å²) >= 11 is 0. The van der Waals surface area contributed by atoms with Gasteiger partial charge in [-0.15, -0.1) is 0 Å². The van der Waals surface area contributed by atoms with Crippen molar-refractivity contribution in [2.45, 2.75) is 32.9 Å². The van der Waals surface area contributed by atoms with E-state index in [2.05, 4.69) is 18.8 Å². The summed E-state index contributed by atoms with van der Waals surface area (Å²) in [7, 11) is 0. The van der Waals surface area contributed by atoms with E-state index in [1.165, 1.54) is 10.6 Å². The molecule has 0 radical (unpaired) electrons. The lowest BCUT2D eigenvalue weighted by atomic mass is 10.0. The zero-order valence-corrected chi connectivity index (χ0v) is 19.6. The number of halogens is 1. The number of rotatable bonds is 6. The lowest BCUT2D eigenvalue weighted by molar-refractivity contribution is 0.586. The molecule has 176 valence electrons. The fraction of sp³-hybridized carbons (Fsp3) is 0.179. The van der Waals surface area contributed by atoms with Crippen molar-refractivity contribution in [2.75, 3.05) is 0 Å². The van der Waals surface area contributed by atoms with Gasteiger partial charge >= 0.3 is 5.69 Å². The first-order valence-corrected chi connectivity index (χ1v) is 11.5. The molecular weight excluding hydrogens is 443 g/mol. The molecule has 0 aliphatic carbocycles. The Bertz CT molecular complexity index is 1610. The third kappa shape index (κ3) is 4.21. The first-order chi connectivity index (χ1) is 16.9. The van der Waals surface area contributed by atoms with Gasteiger partial charge in [0.2, 0.25) is 0 Å². The van der Waals surface area contributed by atoms with Crippen LogP contribution in [0, 0.1) is 5.82 Å². The van der Waals surface area contributed by atoms with E-state index in [-0.39, 0.29) is 23.3 Å². The van der Waals surface area contributed by atoms with Crippen LogP contribution in [0.4, 0.5) is 4.39 Å². The molecule has 0 saturated carbocycles. The number of fused-ring (bicyclic) bond motifs is 1. The molecule has 0 bridgehead atoms. The van der Waals surface area contributed by atoms with Crippen LogP contribution in [-0.4, -0.2) is 18.7 Å². The molecular formula is C28H25FN4O2. The van der Waals surface area contributed by atoms with Gasteiger partial charge < -0.3 is 4.57 Å². The van der Waals surface area contributed by atoms with Crippen molar-refractivity contribution in [2.24, 2.45) is 0 Å². The second kappa shape index (κ2) is 9.18. The third-order valence-corrected chi connectivity index (χ3v) is 6.20. The predicted molar refractivity (Wildman–Crippen MR) is 135 cm³/mol. The minimum absolute atomic E-state index is 0.180. The average Bonchev–Trinajstić information content (AvgIpc) is 3.27. The second-order valence-electron chi connectivity index (χ2n) is 8.88. The van der Waals surface area contributed by atoms with Gasteiger partial charge in [0.25, 0.3) is 5.56 Å². The van der Waals surface area contributed by atoms with Gasteiger partial charge in [-0.1, -0.05) is 74.5 Å². The summed E-state index contributed by atoms with van der Waals surface area (Å²) in [5, 5.41) is 0. The summed E-state index contributed by atoms with van der Waals surface area (Å²) in [6.45, 7) is 4.43. The highest BCUT2D eigenvalue weighted by atomic mass is 19.1. The maximum absolute atomic E-state index is 14.5. The molecule has 0 saturated heterocycles. The molecule has 0 atom stereocenters. The van der Waals surface area contributed by atoms with Crippen LogP contribution >= 0.6 is 0 Å². The van der Waals surface area contributed by atoms with Crippen molar-refractivity contribution in [1.29, 1.82) is 0 Å². The molecule has 0 N–H and O–H groups in total. The molecule has 0 fully saturated rings. The molecule has 0 aliphatic rings. The highest BCUT2D eigenvalue weighted by Gasteiger charge is 2.20. The monoisotopic (exact) mass is 468 g/mol. The molecule has 35 heavy (non-hydrogen) atoms. The van der Waals surface area contributed by atoms with Crippen molar-refractivity contribution >= 4 is 11.2 Å². The van der Waals surface area contributed by atoms with Crippen LogP contribution < -0.4 is 11.2 Å². The topological polar surface area (TPSA) is 61.8 Å². The van der Waals surface area contributed by atoms with Gasteiger partial charge in [-0.25, -0.2) is 18.7 Å². The Hall–Kier alpha value is -4.26. The Balaban J connectivity index is 1.75. The number of imidazole rings is 1. The zero-order valence-electron chi connectivity index (χ0n) is 19.6. The fourth-order valence-corrected chi connectivity index (χ4v) is 4.26. The smallest absolute Gasteiger partial charge is 0.320 e.